The molecule has 0 bridgehead atoms. The summed E-state index contributed by atoms with van der Waals surface area (Å²) in [5.74, 6) is -0.260. The molecule has 1 aliphatic rings. The summed E-state index contributed by atoms with van der Waals surface area (Å²) in [5.41, 5.74) is 0.226. The molecule has 1 aliphatic heterocycles. The number of hydrogen-bond donors (Lipinski definition) is 2. The number of nitrogens with one attached hydrogen (secondary N) is 2. The molecule has 0 spiro atoms. The fourth-order valence-corrected chi connectivity index (χ4v) is 4.09. The molecule has 23 heavy (non-hydrogen) atoms. The zero-order valence-electron chi connectivity index (χ0n) is 13.7. The summed E-state index contributed by atoms with van der Waals surface area (Å²) < 4.78 is 28.0. The summed E-state index contributed by atoms with van der Waals surface area (Å²) in [6.45, 7) is 4.08. The summed E-state index contributed by atoms with van der Waals surface area (Å²) in [5, 5.41) is 3.12. The molecule has 1 unspecified atom stereocenters. The third-order valence-corrected chi connectivity index (χ3v) is 5.56. The molecule has 1 saturated heterocycles. The van der Waals surface area contributed by atoms with Crippen LogP contribution in [0.3, 0.4) is 0 Å². The van der Waals surface area contributed by atoms with Crippen LogP contribution in [0.2, 0.25) is 0 Å². The first-order chi connectivity index (χ1) is 11.0. The average molecular weight is 339 g/mol. The van der Waals surface area contributed by atoms with E-state index in [0.717, 1.165) is 25.8 Å². The van der Waals surface area contributed by atoms with Gasteiger partial charge in [0.1, 0.15) is 0 Å². The average Bonchev–Trinajstić information content (AvgIpc) is 3.04. The van der Waals surface area contributed by atoms with Gasteiger partial charge >= 0.3 is 0 Å². The van der Waals surface area contributed by atoms with Gasteiger partial charge in [0, 0.05) is 26.2 Å². The largest absolute Gasteiger partial charge is 0.342 e. The van der Waals surface area contributed by atoms with Crippen molar-refractivity contribution in [3.05, 3.63) is 29.8 Å². The highest BCUT2D eigenvalue weighted by Crippen LogP contribution is 2.18. The van der Waals surface area contributed by atoms with Gasteiger partial charge in [0.05, 0.1) is 10.5 Å². The van der Waals surface area contributed by atoms with Crippen LogP contribution in [0, 0.1) is 0 Å². The van der Waals surface area contributed by atoms with Gasteiger partial charge < -0.3 is 10.2 Å². The lowest BCUT2D eigenvalue weighted by Crippen LogP contribution is -2.37. The predicted molar refractivity (Wildman–Crippen MR) is 89.9 cm³/mol. The van der Waals surface area contributed by atoms with Crippen molar-refractivity contribution in [1.29, 1.82) is 0 Å². The topological polar surface area (TPSA) is 78.5 Å². The van der Waals surface area contributed by atoms with Crippen LogP contribution in [0.1, 0.15) is 36.5 Å². The second kappa shape index (κ2) is 7.90. The van der Waals surface area contributed by atoms with Crippen LogP contribution in [-0.4, -0.2) is 51.9 Å². The SMILES string of the molecule is CCCCN(C)C(=O)c1ccccc1S(=O)(=O)NC1CCNC1. The molecule has 6 nitrogen and oxygen atoms in total. The molecule has 7 heteroatoms. The van der Waals surface area contributed by atoms with Crippen LogP contribution >= 0.6 is 0 Å². The molecule has 0 aliphatic carbocycles. The summed E-state index contributed by atoms with van der Waals surface area (Å²) in [6.07, 6.45) is 2.63. The number of carbonyl (C=O) groups excluding carboxylic acids is 1. The van der Waals surface area contributed by atoms with Crippen LogP contribution in [0.4, 0.5) is 0 Å². The van der Waals surface area contributed by atoms with Crippen molar-refractivity contribution >= 4 is 15.9 Å². The van der Waals surface area contributed by atoms with Crippen molar-refractivity contribution in [3.63, 3.8) is 0 Å². The Morgan fingerprint density at radius 3 is 2.78 bits per heavy atom. The molecular formula is C16H25N3O3S. The normalized spacial score (nSPS) is 18.1. The van der Waals surface area contributed by atoms with Crippen molar-refractivity contribution in [2.24, 2.45) is 0 Å². The van der Waals surface area contributed by atoms with Gasteiger partial charge in [-0.15, -0.1) is 0 Å². The number of rotatable bonds is 7. The van der Waals surface area contributed by atoms with Crippen LogP contribution in [-0.2, 0) is 10.0 Å². The van der Waals surface area contributed by atoms with Crippen molar-refractivity contribution < 1.29 is 13.2 Å². The molecule has 0 aromatic heterocycles. The first kappa shape index (κ1) is 17.9. The molecule has 128 valence electrons. The second-order valence-electron chi connectivity index (χ2n) is 5.89. The number of benzene rings is 1. The van der Waals surface area contributed by atoms with Crippen molar-refractivity contribution in [2.75, 3.05) is 26.7 Å². The lowest BCUT2D eigenvalue weighted by molar-refractivity contribution is 0.0789. The highest BCUT2D eigenvalue weighted by molar-refractivity contribution is 7.89. The minimum atomic E-state index is -3.71. The van der Waals surface area contributed by atoms with E-state index in [1.165, 1.54) is 6.07 Å². The van der Waals surface area contributed by atoms with E-state index in [4.69, 9.17) is 0 Å². The minimum Gasteiger partial charge on any atom is -0.342 e. The van der Waals surface area contributed by atoms with Gasteiger partial charge in [-0.1, -0.05) is 25.5 Å². The minimum absolute atomic E-state index is 0.0558. The van der Waals surface area contributed by atoms with Crippen molar-refractivity contribution in [1.82, 2.24) is 14.9 Å². The van der Waals surface area contributed by atoms with E-state index in [9.17, 15) is 13.2 Å². The Kier molecular flexibility index (Phi) is 6.15. The van der Waals surface area contributed by atoms with Crippen LogP contribution < -0.4 is 10.0 Å². The van der Waals surface area contributed by atoms with Gasteiger partial charge in [-0.05, 0) is 31.5 Å². The smallest absolute Gasteiger partial charge is 0.254 e. The van der Waals surface area contributed by atoms with Gasteiger partial charge in [0.25, 0.3) is 5.91 Å². The molecule has 1 aromatic carbocycles. The van der Waals surface area contributed by atoms with E-state index in [1.54, 1.807) is 30.1 Å². The van der Waals surface area contributed by atoms with E-state index in [1.807, 2.05) is 0 Å². The number of sulfonamides is 1. The summed E-state index contributed by atoms with van der Waals surface area (Å²) in [4.78, 5) is 14.2. The van der Waals surface area contributed by atoms with Gasteiger partial charge in [-0.3, -0.25) is 4.79 Å². The number of carbonyl (C=O) groups is 1. The maximum Gasteiger partial charge on any atom is 0.254 e. The lowest BCUT2D eigenvalue weighted by atomic mass is 10.2. The van der Waals surface area contributed by atoms with E-state index in [2.05, 4.69) is 17.0 Å². The molecule has 2 N–H and O–H groups in total. The molecule has 0 radical (unpaired) electrons. The molecule has 1 atom stereocenters. The summed E-state index contributed by atoms with van der Waals surface area (Å²) >= 11 is 0. The van der Waals surface area contributed by atoms with E-state index < -0.39 is 10.0 Å². The lowest BCUT2D eigenvalue weighted by Gasteiger charge is -2.19. The first-order valence-electron chi connectivity index (χ1n) is 8.03. The number of hydrogen-bond acceptors (Lipinski definition) is 4. The Morgan fingerprint density at radius 2 is 2.13 bits per heavy atom. The van der Waals surface area contributed by atoms with Crippen LogP contribution in [0.25, 0.3) is 0 Å². The molecule has 1 fully saturated rings. The Labute approximate surface area is 138 Å². The Balaban J connectivity index is 2.23. The van der Waals surface area contributed by atoms with Crippen molar-refractivity contribution in [2.45, 2.75) is 37.1 Å². The van der Waals surface area contributed by atoms with E-state index >= 15 is 0 Å². The quantitative estimate of drug-likeness (QED) is 0.782. The van der Waals surface area contributed by atoms with Gasteiger partial charge in [0.2, 0.25) is 10.0 Å². The highest BCUT2D eigenvalue weighted by atomic mass is 32.2. The first-order valence-corrected chi connectivity index (χ1v) is 9.51. The number of amides is 1. The standard InChI is InChI=1S/C16H25N3O3S/c1-3-4-11-19(2)16(20)14-7-5-6-8-15(14)23(21,22)18-13-9-10-17-12-13/h5-8,13,17-18H,3-4,9-12H2,1-2H3. The Bertz CT molecular complexity index is 640. The molecule has 1 heterocycles. The molecular weight excluding hydrogens is 314 g/mol. The van der Waals surface area contributed by atoms with Crippen LogP contribution in [0.15, 0.2) is 29.2 Å². The zero-order chi connectivity index (χ0) is 16.9. The summed E-state index contributed by atoms with van der Waals surface area (Å²) in [6, 6.07) is 6.28. The van der Waals surface area contributed by atoms with Gasteiger partial charge in [0.15, 0.2) is 0 Å². The molecule has 2 rings (SSSR count). The van der Waals surface area contributed by atoms with E-state index in [-0.39, 0.29) is 22.4 Å². The number of nitrogens with zero attached hydrogens (tertiary/aromatic N) is 1. The fourth-order valence-electron chi connectivity index (χ4n) is 2.62. The fraction of sp³-hybridized carbons (Fsp3) is 0.562. The monoisotopic (exact) mass is 339 g/mol. The van der Waals surface area contributed by atoms with Crippen LogP contribution in [0.5, 0.6) is 0 Å². The Hall–Kier alpha value is -1.44. The number of unbranched alkanes of at least 4 members (excludes halogenated alkanes) is 1. The zero-order valence-corrected chi connectivity index (χ0v) is 14.5. The predicted octanol–water partition coefficient (Wildman–Crippen LogP) is 1.20. The molecule has 1 aromatic rings. The summed E-state index contributed by atoms with van der Waals surface area (Å²) in [7, 11) is -2.01. The van der Waals surface area contributed by atoms with Crippen molar-refractivity contribution in [3.8, 4) is 0 Å². The highest BCUT2D eigenvalue weighted by Gasteiger charge is 2.27. The molecule has 0 saturated carbocycles. The van der Waals surface area contributed by atoms with Gasteiger partial charge in [-0.25, -0.2) is 13.1 Å². The molecule has 1 amide bonds. The Morgan fingerprint density at radius 1 is 1.39 bits per heavy atom. The van der Waals surface area contributed by atoms with E-state index in [0.29, 0.717) is 13.1 Å². The maximum absolute atomic E-state index is 12.6. The van der Waals surface area contributed by atoms with Gasteiger partial charge in [-0.2, -0.15) is 0 Å². The maximum atomic E-state index is 12.6. The second-order valence-corrected chi connectivity index (χ2v) is 7.57. The third kappa shape index (κ3) is 4.53. The third-order valence-electron chi connectivity index (χ3n) is 3.98.